The molecule has 1 atom stereocenters. The van der Waals surface area contributed by atoms with Gasteiger partial charge in [-0.15, -0.1) is 0 Å². The Balaban J connectivity index is 1.93. The molecule has 0 saturated carbocycles. The van der Waals surface area contributed by atoms with Gasteiger partial charge in [0.15, 0.2) is 12.1 Å². The number of hydrogen-bond donors (Lipinski definition) is 0. The van der Waals surface area contributed by atoms with E-state index in [0.717, 1.165) is 18.4 Å². The number of Topliss-reactive ketones (excluding diaryl/α,β-unsaturated/α-hetero) is 1. The molecule has 0 bridgehead atoms. The smallest absolute Gasteiger partial charge is 0.337 e. The van der Waals surface area contributed by atoms with Gasteiger partial charge in [-0.25, -0.2) is 4.79 Å². The molecule has 0 aromatic heterocycles. The maximum absolute atomic E-state index is 13.5. The quantitative estimate of drug-likeness (QED) is 0.288. The molecule has 0 fully saturated rings. The van der Waals surface area contributed by atoms with Gasteiger partial charge in [0.25, 0.3) is 0 Å². The van der Waals surface area contributed by atoms with Crippen LogP contribution in [-0.2, 0) is 25.0 Å². The first-order valence-corrected chi connectivity index (χ1v) is 11.5. The Hall–Kier alpha value is -2.50. The topological polar surface area (TPSA) is 61.8 Å². The molecule has 2 aromatic carbocycles. The lowest BCUT2D eigenvalue weighted by atomic mass is 9.63. The van der Waals surface area contributed by atoms with Crippen LogP contribution in [0.1, 0.15) is 90.3 Å². The van der Waals surface area contributed by atoms with Gasteiger partial charge < -0.3 is 14.2 Å². The van der Waals surface area contributed by atoms with Crippen LogP contribution >= 0.6 is 0 Å². The van der Waals surface area contributed by atoms with Crippen LogP contribution in [0.15, 0.2) is 42.5 Å². The molecule has 1 aliphatic rings. The highest BCUT2D eigenvalue weighted by Gasteiger charge is 2.37. The Labute approximate surface area is 197 Å². The summed E-state index contributed by atoms with van der Waals surface area (Å²) in [5.74, 6) is -0.679. The van der Waals surface area contributed by atoms with E-state index in [2.05, 4.69) is 39.8 Å². The summed E-state index contributed by atoms with van der Waals surface area (Å²) < 4.78 is 15.9. The zero-order valence-electron chi connectivity index (χ0n) is 20.9. The second-order valence-corrected chi connectivity index (χ2v) is 10.2. The van der Waals surface area contributed by atoms with Gasteiger partial charge in [0.05, 0.1) is 12.7 Å². The maximum atomic E-state index is 13.5. The van der Waals surface area contributed by atoms with Crippen molar-refractivity contribution in [2.75, 3.05) is 21.3 Å². The summed E-state index contributed by atoms with van der Waals surface area (Å²) in [5.41, 5.74) is 4.76. The number of fused-ring (bicyclic) bond motifs is 1. The van der Waals surface area contributed by atoms with Crippen molar-refractivity contribution < 1.29 is 23.8 Å². The number of carbonyl (C=O) groups is 2. The number of ether oxygens (including phenoxy) is 3. The first-order valence-electron chi connectivity index (χ1n) is 11.5. The van der Waals surface area contributed by atoms with Crippen molar-refractivity contribution >= 4 is 11.8 Å². The van der Waals surface area contributed by atoms with E-state index in [1.807, 2.05) is 18.2 Å². The molecule has 0 heterocycles. The Morgan fingerprint density at radius 3 is 1.91 bits per heavy atom. The molecule has 33 heavy (non-hydrogen) atoms. The average Bonchev–Trinajstić information content (AvgIpc) is 2.81. The second kappa shape index (κ2) is 9.78. The number of esters is 1. The van der Waals surface area contributed by atoms with E-state index in [4.69, 9.17) is 14.2 Å². The fraction of sp³-hybridized carbons (Fsp3) is 0.500. The Morgan fingerprint density at radius 1 is 0.818 bits per heavy atom. The molecule has 2 aromatic rings. The standard InChI is InChI=1S/C28H36O5/c1-27(2)14-15-28(3,4)23-16-20(12-13-22(23)27)24(29)17-21(26(32-6)33-7)18-8-10-19(11-9-18)25(30)31-5/h8-13,16,21,26H,14-15,17H2,1-7H3. The minimum absolute atomic E-state index is 0.0336. The number of hydrogen-bond acceptors (Lipinski definition) is 5. The predicted octanol–water partition coefficient (Wildman–Crippen LogP) is 5.80. The third-order valence-corrected chi connectivity index (χ3v) is 7.13. The Morgan fingerprint density at radius 2 is 1.36 bits per heavy atom. The van der Waals surface area contributed by atoms with Crippen LogP contribution in [0.25, 0.3) is 0 Å². The Kier molecular flexibility index (Phi) is 7.45. The zero-order chi connectivity index (χ0) is 24.4. The van der Waals surface area contributed by atoms with E-state index in [1.165, 1.54) is 18.2 Å². The summed E-state index contributed by atoms with van der Waals surface area (Å²) in [7, 11) is 4.49. The van der Waals surface area contributed by atoms with Crippen LogP contribution in [0.4, 0.5) is 0 Å². The summed E-state index contributed by atoms with van der Waals surface area (Å²) in [5, 5.41) is 0. The normalized spacial score (nSPS) is 17.3. The fourth-order valence-electron chi connectivity index (χ4n) is 4.86. The number of ketones is 1. The molecule has 0 N–H and O–H groups in total. The van der Waals surface area contributed by atoms with Gasteiger partial charge in [-0.2, -0.15) is 0 Å². The molecule has 5 heteroatoms. The van der Waals surface area contributed by atoms with E-state index in [1.54, 1.807) is 26.4 Å². The van der Waals surface area contributed by atoms with E-state index in [0.29, 0.717) is 11.1 Å². The molecule has 5 nitrogen and oxygen atoms in total. The lowest BCUT2D eigenvalue weighted by Crippen LogP contribution is -2.34. The summed E-state index contributed by atoms with van der Waals surface area (Å²) in [6.07, 6.45) is 1.86. The van der Waals surface area contributed by atoms with Gasteiger partial charge >= 0.3 is 5.97 Å². The Bertz CT molecular complexity index is 999. The number of methoxy groups -OCH3 is 3. The molecule has 0 amide bonds. The van der Waals surface area contributed by atoms with Crippen LogP contribution < -0.4 is 0 Å². The van der Waals surface area contributed by atoms with Crippen molar-refractivity contribution in [2.45, 2.75) is 70.0 Å². The molecule has 1 aliphatic carbocycles. The van der Waals surface area contributed by atoms with E-state index < -0.39 is 12.3 Å². The number of benzene rings is 2. The minimum atomic E-state index is -0.592. The van der Waals surface area contributed by atoms with Gasteiger partial charge in [0.1, 0.15) is 0 Å². The van der Waals surface area contributed by atoms with Crippen molar-refractivity contribution in [1.29, 1.82) is 0 Å². The fourth-order valence-corrected chi connectivity index (χ4v) is 4.86. The van der Waals surface area contributed by atoms with Crippen molar-refractivity contribution in [3.8, 4) is 0 Å². The first kappa shape index (κ1) is 25.1. The van der Waals surface area contributed by atoms with E-state index in [9.17, 15) is 9.59 Å². The first-order chi connectivity index (χ1) is 15.5. The van der Waals surface area contributed by atoms with Crippen LogP contribution in [0.3, 0.4) is 0 Å². The van der Waals surface area contributed by atoms with Gasteiger partial charge in [-0.1, -0.05) is 52.0 Å². The highest BCUT2D eigenvalue weighted by molar-refractivity contribution is 5.97. The summed E-state index contributed by atoms with van der Waals surface area (Å²) in [6.45, 7) is 9.07. The molecule has 0 spiro atoms. The van der Waals surface area contributed by atoms with E-state index in [-0.39, 0.29) is 29.0 Å². The summed E-state index contributed by atoms with van der Waals surface area (Å²) >= 11 is 0. The van der Waals surface area contributed by atoms with Crippen molar-refractivity contribution in [3.05, 3.63) is 70.3 Å². The van der Waals surface area contributed by atoms with Crippen molar-refractivity contribution in [2.24, 2.45) is 0 Å². The minimum Gasteiger partial charge on any atom is -0.465 e. The third kappa shape index (κ3) is 5.20. The van der Waals surface area contributed by atoms with Crippen LogP contribution in [0, 0.1) is 0 Å². The zero-order valence-corrected chi connectivity index (χ0v) is 20.9. The second-order valence-electron chi connectivity index (χ2n) is 10.2. The largest absolute Gasteiger partial charge is 0.465 e. The van der Waals surface area contributed by atoms with Crippen LogP contribution in [0.5, 0.6) is 0 Å². The van der Waals surface area contributed by atoms with Crippen LogP contribution in [0.2, 0.25) is 0 Å². The van der Waals surface area contributed by atoms with Gasteiger partial charge in [0, 0.05) is 32.1 Å². The summed E-state index contributed by atoms with van der Waals surface area (Å²) in [4.78, 5) is 25.3. The van der Waals surface area contributed by atoms with Crippen LogP contribution in [-0.4, -0.2) is 39.4 Å². The number of carbonyl (C=O) groups excluding carboxylic acids is 2. The molecule has 178 valence electrons. The van der Waals surface area contributed by atoms with Gasteiger partial charge in [-0.3, -0.25) is 4.79 Å². The van der Waals surface area contributed by atoms with Gasteiger partial charge in [0.2, 0.25) is 0 Å². The molecular weight excluding hydrogens is 416 g/mol. The highest BCUT2D eigenvalue weighted by atomic mass is 16.7. The molecular formula is C28H36O5. The molecule has 0 aliphatic heterocycles. The maximum Gasteiger partial charge on any atom is 0.337 e. The van der Waals surface area contributed by atoms with E-state index >= 15 is 0 Å². The lowest BCUT2D eigenvalue weighted by Gasteiger charge is -2.42. The SMILES string of the molecule is COC(=O)c1ccc(C(CC(=O)c2ccc3c(c2)C(C)(C)CCC3(C)C)C(OC)OC)cc1. The molecule has 3 rings (SSSR count). The highest BCUT2D eigenvalue weighted by Crippen LogP contribution is 2.46. The summed E-state index contributed by atoms with van der Waals surface area (Å²) in [6, 6.07) is 13.2. The molecule has 1 unspecified atom stereocenters. The predicted molar refractivity (Wildman–Crippen MR) is 129 cm³/mol. The van der Waals surface area contributed by atoms with Crippen molar-refractivity contribution in [3.63, 3.8) is 0 Å². The monoisotopic (exact) mass is 452 g/mol. The van der Waals surface area contributed by atoms with Crippen molar-refractivity contribution in [1.82, 2.24) is 0 Å². The number of rotatable bonds is 8. The third-order valence-electron chi connectivity index (χ3n) is 7.13. The van der Waals surface area contributed by atoms with Gasteiger partial charge in [-0.05, 0) is 58.6 Å². The molecule has 0 radical (unpaired) electrons. The molecule has 0 saturated heterocycles. The lowest BCUT2D eigenvalue weighted by molar-refractivity contribution is -0.117. The average molecular weight is 453 g/mol.